The second kappa shape index (κ2) is 8.01. The van der Waals surface area contributed by atoms with Crippen LogP contribution in [0.15, 0.2) is 54.6 Å². The van der Waals surface area contributed by atoms with Crippen molar-refractivity contribution in [3.63, 3.8) is 0 Å². The number of rotatable bonds is 5. The highest BCUT2D eigenvalue weighted by atomic mass is 16.5. The number of hydrogen-bond acceptors (Lipinski definition) is 5. The Hall–Kier alpha value is -3.88. The first-order valence-electron chi connectivity index (χ1n) is 8.92. The first-order valence-corrected chi connectivity index (χ1v) is 8.92. The van der Waals surface area contributed by atoms with Crippen LogP contribution in [0.2, 0.25) is 0 Å². The maximum atomic E-state index is 12.8. The molecule has 1 fully saturated rings. The molecule has 0 bridgehead atoms. The number of ether oxygens (including phenoxy) is 1. The van der Waals surface area contributed by atoms with Gasteiger partial charge in [0.2, 0.25) is 0 Å². The van der Waals surface area contributed by atoms with Crippen molar-refractivity contribution < 1.29 is 23.9 Å². The Bertz CT molecular complexity index is 945. The van der Waals surface area contributed by atoms with Crippen LogP contribution in [0.1, 0.15) is 29.8 Å². The molecule has 2 aromatic rings. The van der Waals surface area contributed by atoms with Crippen molar-refractivity contribution in [3.8, 4) is 0 Å². The van der Waals surface area contributed by atoms with E-state index in [2.05, 4.69) is 16.1 Å². The lowest BCUT2D eigenvalue weighted by atomic mass is 9.92. The van der Waals surface area contributed by atoms with Crippen LogP contribution in [-0.4, -0.2) is 35.6 Å². The summed E-state index contributed by atoms with van der Waals surface area (Å²) in [6.07, 6.45) is -0.607. The molecule has 3 rings (SSSR count). The van der Waals surface area contributed by atoms with Crippen LogP contribution in [0.5, 0.6) is 0 Å². The molecule has 0 spiro atoms. The number of amides is 5. The first-order chi connectivity index (χ1) is 13.8. The van der Waals surface area contributed by atoms with E-state index in [-0.39, 0.29) is 12.2 Å². The average molecular weight is 396 g/mol. The van der Waals surface area contributed by atoms with Crippen molar-refractivity contribution in [2.75, 3.05) is 11.9 Å². The Morgan fingerprint density at radius 3 is 2.34 bits per heavy atom. The van der Waals surface area contributed by atoms with Gasteiger partial charge < -0.3 is 10.1 Å². The van der Waals surface area contributed by atoms with Crippen molar-refractivity contribution in [1.29, 1.82) is 0 Å². The zero-order valence-corrected chi connectivity index (χ0v) is 15.9. The van der Waals surface area contributed by atoms with Crippen LogP contribution in [0.4, 0.5) is 15.3 Å². The summed E-state index contributed by atoms with van der Waals surface area (Å²) in [6.45, 7) is 3.50. The standard InChI is InChI=1S/C20H20N4O5/c1-3-29-19(28)21-15-11-9-13(10-12-15)16(25)23-24-17(26)20(2,22-18(24)27)14-7-5-4-6-8-14/h4-12H,3H2,1-2H3,(H,21,28)(H,22,27)(H,23,25). The van der Waals surface area contributed by atoms with E-state index in [1.165, 1.54) is 24.3 Å². The van der Waals surface area contributed by atoms with Crippen molar-refractivity contribution in [3.05, 3.63) is 65.7 Å². The molecular weight excluding hydrogens is 376 g/mol. The molecule has 1 heterocycles. The number of imide groups is 1. The van der Waals surface area contributed by atoms with E-state index in [1.54, 1.807) is 44.2 Å². The highest BCUT2D eigenvalue weighted by Crippen LogP contribution is 2.27. The van der Waals surface area contributed by atoms with Crippen molar-refractivity contribution in [2.24, 2.45) is 0 Å². The molecule has 9 heteroatoms. The average Bonchev–Trinajstić information content (AvgIpc) is 2.93. The highest BCUT2D eigenvalue weighted by Gasteiger charge is 2.50. The van der Waals surface area contributed by atoms with E-state index in [0.717, 1.165) is 0 Å². The quantitative estimate of drug-likeness (QED) is 0.671. The fourth-order valence-electron chi connectivity index (χ4n) is 2.86. The molecule has 1 unspecified atom stereocenters. The van der Waals surface area contributed by atoms with Gasteiger partial charge in [-0.2, -0.15) is 5.01 Å². The lowest BCUT2D eigenvalue weighted by Gasteiger charge is -2.22. The third-order valence-electron chi connectivity index (χ3n) is 4.42. The second-order valence-electron chi connectivity index (χ2n) is 6.43. The van der Waals surface area contributed by atoms with E-state index in [0.29, 0.717) is 16.3 Å². The summed E-state index contributed by atoms with van der Waals surface area (Å²) < 4.78 is 4.77. The van der Waals surface area contributed by atoms with Crippen LogP contribution < -0.4 is 16.1 Å². The third-order valence-corrected chi connectivity index (χ3v) is 4.42. The largest absolute Gasteiger partial charge is 0.450 e. The smallest absolute Gasteiger partial charge is 0.411 e. The predicted octanol–water partition coefficient (Wildman–Crippen LogP) is 2.37. The number of urea groups is 1. The van der Waals surface area contributed by atoms with Gasteiger partial charge in [0.05, 0.1) is 6.61 Å². The number of carbonyl (C=O) groups excluding carboxylic acids is 4. The summed E-state index contributed by atoms with van der Waals surface area (Å²) in [6, 6.07) is 13.9. The number of carbonyl (C=O) groups is 4. The molecule has 150 valence electrons. The first kappa shape index (κ1) is 19.9. The Balaban J connectivity index is 1.70. The van der Waals surface area contributed by atoms with Gasteiger partial charge in [0.15, 0.2) is 0 Å². The van der Waals surface area contributed by atoms with E-state index in [9.17, 15) is 19.2 Å². The van der Waals surface area contributed by atoms with Crippen LogP contribution in [0.3, 0.4) is 0 Å². The Labute approximate surface area is 167 Å². The summed E-state index contributed by atoms with van der Waals surface area (Å²) in [5, 5.41) is 5.78. The van der Waals surface area contributed by atoms with Crippen molar-refractivity contribution in [1.82, 2.24) is 15.8 Å². The third kappa shape index (κ3) is 4.03. The zero-order valence-electron chi connectivity index (χ0n) is 15.9. The molecule has 9 nitrogen and oxygen atoms in total. The number of hydrazine groups is 1. The minimum absolute atomic E-state index is 0.202. The molecule has 2 aromatic carbocycles. The molecule has 0 aliphatic carbocycles. The summed E-state index contributed by atoms with van der Waals surface area (Å²) in [4.78, 5) is 49.0. The minimum atomic E-state index is -1.28. The molecule has 1 aliphatic rings. The molecule has 0 aromatic heterocycles. The summed E-state index contributed by atoms with van der Waals surface area (Å²) in [5.41, 5.74) is 2.28. The van der Waals surface area contributed by atoms with Gasteiger partial charge >= 0.3 is 12.1 Å². The van der Waals surface area contributed by atoms with Gasteiger partial charge in [0.1, 0.15) is 5.54 Å². The van der Waals surface area contributed by atoms with Crippen LogP contribution in [0.25, 0.3) is 0 Å². The molecule has 1 aliphatic heterocycles. The SMILES string of the molecule is CCOC(=O)Nc1ccc(C(=O)NN2C(=O)NC(C)(c3ccccc3)C2=O)cc1. The number of benzene rings is 2. The van der Waals surface area contributed by atoms with Crippen LogP contribution in [-0.2, 0) is 15.1 Å². The molecule has 0 saturated carbocycles. The Kier molecular flexibility index (Phi) is 5.49. The van der Waals surface area contributed by atoms with E-state index in [1.807, 2.05) is 0 Å². The maximum Gasteiger partial charge on any atom is 0.411 e. The number of nitrogens with one attached hydrogen (secondary N) is 3. The van der Waals surface area contributed by atoms with Crippen molar-refractivity contribution >= 4 is 29.6 Å². The number of anilines is 1. The lowest BCUT2D eigenvalue weighted by molar-refractivity contribution is -0.132. The van der Waals surface area contributed by atoms with Gasteiger partial charge in [-0.25, -0.2) is 9.59 Å². The number of hydrogen-bond donors (Lipinski definition) is 3. The summed E-state index contributed by atoms with van der Waals surface area (Å²) in [5.74, 6) is -1.24. The molecule has 1 saturated heterocycles. The highest BCUT2D eigenvalue weighted by molar-refractivity contribution is 6.09. The molecule has 5 amide bonds. The normalized spacial score (nSPS) is 18.2. The fourth-order valence-corrected chi connectivity index (χ4v) is 2.86. The molecule has 3 N–H and O–H groups in total. The van der Waals surface area contributed by atoms with Crippen LogP contribution >= 0.6 is 0 Å². The van der Waals surface area contributed by atoms with Gasteiger partial charge in [-0.05, 0) is 43.7 Å². The Morgan fingerprint density at radius 2 is 1.72 bits per heavy atom. The molecular formula is C20H20N4O5. The Morgan fingerprint density at radius 1 is 1.07 bits per heavy atom. The molecule has 0 radical (unpaired) electrons. The van der Waals surface area contributed by atoms with Gasteiger partial charge in [0.25, 0.3) is 11.8 Å². The molecule has 1 atom stereocenters. The van der Waals surface area contributed by atoms with Gasteiger partial charge in [-0.15, -0.1) is 0 Å². The topological polar surface area (TPSA) is 117 Å². The zero-order chi connectivity index (χ0) is 21.0. The monoisotopic (exact) mass is 396 g/mol. The van der Waals surface area contributed by atoms with Gasteiger partial charge in [-0.3, -0.25) is 20.3 Å². The number of nitrogens with zero attached hydrogens (tertiary/aromatic N) is 1. The second-order valence-corrected chi connectivity index (χ2v) is 6.43. The van der Waals surface area contributed by atoms with Gasteiger partial charge in [-0.1, -0.05) is 30.3 Å². The fraction of sp³-hybridized carbons (Fsp3) is 0.200. The van der Waals surface area contributed by atoms with Crippen LogP contribution in [0, 0.1) is 0 Å². The van der Waals surface area contributed by atoms with Gasteiger partial charge in [0, 0.05) is 11.3 Å². The van der Waals surface area contributed by atoms with Crippen molar-refractivity contribution in [2.45, 2.75) is 19.4 Å². The summed E-state index contributed by atoms with van der Waals surface area (Å²) >= 11 is 0. The molecule has 29 heavy (non-hydrogen) atoms. The minimum Gasteiger partial charge on any atom is -0.450 e. The maximum absolute atomic E-state index is 12.8. The van der Waals surface area contributed by atoms with E-state index in [4.69, 9.17) is 4.74 Å². The predicted molar refractivity (Wildman–Crippen MR) is 104 cm³/mol. The van der Waals surface area contributed by atoms with E-state index >= 15 is 0 Å². The van der Waals surface area contributed by atoms with E-state index < -0.39 is 29.5 Å². The lowest BCUT2D eigenvalue weighted by Crippen LogP contribution is -2.47. The summed E-state index contributed by atoms with van der Waals surface area (Å²) in [7, 11) is 0.